The molecule has 3 heterocycles. The van der Waals surface area contributed by atoms with E-state index in [1.54, 1.807) is 23.1 Å². The van der Waals surface area contributed by atoms with E-state index in [1.165, 1.54) is 6.07 Å². The van der Waals surface area contributed by atoms with Crippen LogP contribution in [-0.2, 0) is 0 Å². The minimum absolute atomic E-state index is 0.114. The molecule has 1 unspecified atom stereocenters. The molecular formula is C19H15Cl2FN4O. The first-order chi connectivity index (χ1) is 12.9. The van der Waals surface area contributed by atoms with E-state index in [9.17, 15) is 9.18 Å². The molecular weight excluding hydrogens is 390 g/mol. The number of nitrogens with one attached hydrogen (secondary N) is 1. The lowest BCUT2D eigenvalue weighted by Gasteiger charge is -2.44. The number of hydrogen-bond acceptors (Lipinski definition) is 4. The Balaban J connectivity index is 1.57. The molecule has 1 fully saturated rings. The number of amides is 1. The molecule has 2 atom stereocenters. The van der Waals surface area contributed by atoms with Gasteiger partial charge in [0.1, 0.15) is 17.3 Å². The van der Waals surface area contributed by atoms with Crippen LogP contribution in [0, 0.1) is 5.82 Å². The second-order valence-electron chi connectivity index (χ2n) is 7.11. The van der Waals surface area contributed by atoms with Gasteiger partial charge in [-0.3, -0.25) is 4.79 Å². The number of carbonyl (C=O) groups excluding carboxylic acids is 1. The van der Waals surface area contributed by atoms with Crippen LogP contribution in [0.1, 0.15) is 40.4 Å². The molecule has 27 heavy (non-hydrogen) atoms. The molecule has 1 amide bonds. The first-order valence-electron chi connectivity index (χ1n) is 8.61. The minimum Gasteiger partial charge on any atom is -0.383 e. The highest BCUT2D eigenvalue weighted by Gasteiger charge is 2.49. The van der Waals surface area contributed by atoms with Gasteiger partial charge in [0.05, 0.1) is 27.2 Å². The van der Waals surface area contributed by atoms with Gasteiger partial charge in [0.15, 0.2) is 0 Å². The largest absolute Gasteiger partial charge is 0.383 e. The molecule has 3 aliphatic heterocycles. The highest BCUT2D eigenvalue weighted by Crippen LogP contribution is 2.48. The SMILES string of the molecule is NC1=N[C@@]2(CCN3C(=O)c4c(ccc(Cl)c4Cl)C3C2)Nc2cccc(F)c21. The number of carbonyl (C=O) groups is 1. The van der Waals surface area contributed by atoms with Crippen LogP contribution in [-0.4, -0.2) is 28.9 Å². The molecule has 0 bridgehead atoms. The molecule has 8 heteroatoms. The summed E-state index contributed by atoms with van der Waals surface area (Å²) >= 11 is 12.4. The van der Waals surface area contributed by atoms with Crippen molar-refractivity contribution in [2.75, 3.05) is 11.9 Å². The van der Waals surface area contributed by atoms with E-state index in [-0.39, 0.29) is 22.8 Å². The van der Waals surface area contributed by atoms with Crippen molar-refractivity contribution in [3.05, 3.63) is 62.9 Å². The van der Waals surface area contributed by atoms with Crippen LogP contribution in [0.4, 0.5) is 10.1 Å². The Morgan fingerprint density at radius 3 is 2.89 bits per heavy atom. The Morgan fingerprint density at radius 2 is 2.07 bits per heavy atom. The molecule has 0 aromatic heterocycles. The molecule has 1 saturated heterocycles. The third-order valence-corrected chi connectivity index (χ3v) is 6.41. The summed E-state index contributed by atoms with van der Waals surface area (Å²) in [5.41, 5.74) is 7.63. The Morgan fingerprint density at radius 1 is 1.26 bits per heavy atom. The van der Waals surface area contributed by atoms with E-state index in [0.29, 0.717) is 41.2 Å². The normalized spacial score (nSPS) is 25.6. The summed E-state index contributed by atoms with van der Waals surface area (Å²) in [4.78, 5) is 19.3. The summed E-state index contributed by atoms with van der Waals surface area (Å²) in [7, 11) is 0. The lowest BCUT2D eigenvalue weighted by atomic mass is 9.87. The number of nitrogens with zero attached hydrogens (tertiary/aromatic N) is 2. The fourth-order valence-electron chi connectivity index (χ4n) is 4.39. The van der Waals surface area contributed by atoms with Crippen molar-refractivity contribution in [2.24, 2.45) is 10.7 Å². The molecule has 138 valence electrons. The molecule has 2 aromatic rings. The molecule has 5 rings (SSSR count). The summed E-state index contributed by atoms with van der Waals surface area (Å²) in [5.74, 6) is -0.345. The van der Waals surface area contributed by atoms with Gasteiger partial charge in [-0.05, 0) is 23.8 Å². The standard InChI is InChI=1S/C19H15Cl2FN4O/c20-10-5-4-9-13-8-19(6-7-26(13)18(27)14(9)16(10)21)24-12-3-1-2-11(22)15(12)17(23)25-19/h1-5,13,24H,6-8H2,(H2,23,25)/t13?,19-/m1/s1. The summed E-state index contributed by atoms with van der Waals surface area (Å²) < 4.78 is 14.1. The maximum atomic E-state index is 14.1. The summed E-state index contributed by atoms with van der Waals surface area (Å²) in [6, 6.07) is 8.15. The van der Waals surface area contributed by atoms with Gasteiger partial charge in [0.2, 0.25) is 0 Å². The predicted molar refractivity (Wildman–Crippen MR) is 103 cm³/mol. The second-order valence-corrected chi connectivity index (χ2v) is 7.90. The van der Waals surface area contributed by atoms with E-state index in [4.69, 9.17) is 28.9 Å². The van der Waals surface area contributed by atoms with Crippen molar-refractivity contribution in [1.29, 1.82) is 0 Å². The number of amidine groups is 1. The number of hydrogen-bond donors (Lipinski definition) is 2. The van der Waals surface area contributed by atoms with Gasteiger partial charge in [-0.15, -0.1) is 0 Å². The molecule has 0 saturated carbocycles. The van der Waals surface area contributed by atoms with Gasteiger partial charge < -0.3 is 16.0 Å². The predicted octanol–water partition coefficient (Wildman–Crippen LogP) is 3.95. The van der Waals surface area contributed by atoms with Crippen LogP contribution in [0.15, 0.2) is 35.3 Å². The third-order valence-electron chi connectivity index (χ3n) is 5.61. The highest BCUT2D eigenvalue weighted by atomic mass is 35.5. The van der Waals surface area contributed by atoms with E-state index >= 15 is 0 Å². The van der Waals surface area contributed by atoms with Gasteiger partial charge in [0.25, 0.3) is 5.91 Å². The lowest BCUT2D eigenvalue weighted by Crippen LogP contribution is -2.51. The van der Waals surface area contributed by atoms with E-state index in [0.717, 1.165) is 5.56 Å². The average molecular weight is 405 g/mol. The zero-order valence-corrected chi connectivity index (χ0v) is 15.6. The summed E-state index contributed by atoms with van der Waals surface area (Å²) in [6.07, 6.45) is 1.07. The molecule has 0 radical (unpaired) electrons. The molecule has 5 nitrogen and oxygen atoms in total. The van der Waals surface area contributed by atoms with Crippen molar-refractivity contribution < 1.29 is 9.18 Å². The molecule has 3 aliphatic rings. The van der Waals surface area contributed by atoms with Gasteiger partial charge in [-0.2, -0.15) is 0 Å². The van der Waals surface area contributed by atoms with Crippen molar-refractivity contribution >= 4 is 40.6 Å². The average Bonchev–Trinajstić information content (AvgIpc) is 2.89. The van der Waals surface area contributed by atoms with Crippen LogP contribution in [0.3, 0.4) is 0 Å². The molecule has 3 N–H and O–H groups in total. The zero-order valence-electron chi connectivity index (χ0n) is 14.1. The maximum Gasteiger partial charge on any atom is 0.256 e. The smallest absolute Gasteiger partial charge is 0.256 e. The van der Waals surface area contributed by atoms with Crippen LogP contribution in [0.5, 0.6) is 0 Å². The minimum atomic E-state index is -0.694. The van der Waals surface area contributed by atoms with E-state index < -0.39 is 11.5 Å². The van der Waals surface area contributed by atoms with Gasteiger partial charge in [0, 0.05) is 25.1 Å². The van der Waals surface area contributed by atoms with Gasteiger partial charge in [-0.1, -0.05) is 35.3 Å². The van der Waals surface area contributed by atoms with Gasteiger partial charge in [-0.25, -0.2) is 9.38 Å². The summed E-state index contributed by atoms with van der Waals surface area (Å²) in [6.45, 7) is 0.487. The number of piperidine rings is 1. The fraction of sp³-hybridized carbons (Fsp3) is 0.263. The number of anilines is 1. The van der Waals surface area contributed by atoms with Crippen LogP contribution in [0.25, 0.3) is 0 Å². The van der Waals surface area contributed by atoms with E-state index in [2.05, 4.69) is 10.3 Å². The van der Waals surface area contributed by atoms with Crippen LogP contribution < -0.4 is 11.1 Å². The Labute approximate surface area is 165 Å². The lowest BCUT2D eigenvalue weighted by molar-refractivity contribution is 0.0606. The molecule has 0 aliphatic carbocycles. The number of aliphatic imine (C=N–C) groups is 1. The first-order valence-corrected chi connectivity index (χ1v) is 9.37. The third kappa shape index (κ3) is 2.29. The van der Waals surface area contributed by atoms with Crippen molar-refractivity contribution in [1.82, 2.24) is 4.90 Å². The Kier molecular flexibility index (Phi) is 3.49. The number of benzene rings is 2. The van der Waals surface area contributed by atoms with Crippen molar-refractivity contribution in [3.8, 4) is 0 Å². The first kappa shape index (κ1) is 16.8. The van der Waals surface area contributed by atoms with Crippen LogP contribution in [0.2, 0.25) is 10.0 Å². The Bertz CT molecular complexity index is 1040. The second kappa shape index (κ2) is 5.59. The quantitative estimate of drug-likeness (QED) is 0.698. The maximum absolute atomic E-state index is 14.1. The monoisotopic (exact) mass is 404 g/mol. The topological polar surface area (TPSA) is 70.7 Å². The van der Waals surface area contributed by atoms with Crippen molar-refractivity contribution in [2.45, 2.75) is 24.5 Å². The number of nitrogens with two attached hydrogens (primary N) is 1. The van der Waals surface area contributed by atoms with Gasteiger partial charge >= 0.3 is 0 Å². The number of rotatable bonds is 0. The van der Waals surface area contributed by atoms with E-state index in [1.807, 2.05) is 6.07 Å². The number of fused-ring (bicyclic) bond motifs is 4. The Hall–Kier alpha value is -2.31. The van der Waals surface area contributed by atoms with Crippen LogP contribution >= 0.6 is 23.2 Å². The highest BCUT2D eigenvalue weighted by molar-refractivity contribution is 6.44. The zero-order chi connectivity index (χ0) is 18.9. The molecule has 2 aromatic carbocycles. The summed E-state index contributed by atoms with van der Waals surface area (Å²) in [5, 5.41) is 4.01. The van der Waals surface area contributed by atoms with Crippen molar-refractivity contribution in [3.63, 3.8) is 0 Å². The number of halogens is 3. The fourth-order valence-corrected chi connectivity index (χ4v) is 4.80. The molecule has 1 spiro atoms.